The van der Waals surface area contributed by atoms with Crippen LogP contribution in [0.1, 0.15) is 44.2 Å². The van der Waals surface area contributed by atoms with Crippen molar-refractivity contribution in [2.24, 2.45) is 10.9 Å². The molecular formula is C23H25N3O2S. The Bertz CT molecular complexity index is 1080. The maximum Gasteiger partial charge on any atom is 0.269 e. The number of para-hydroxylation sites is 1. The average molecular weight is 408 g/mol. The van der Waals surface area contributed by atoms with Crippen molar-refractivity contribution in [2.75, 3.05) is 0 Å². The summed E-state index contributed by atoms with van der Waals surface area (Å²) in [6.07, 6.45) is 4.86. The molecule has 150 valence electrons. The number of nitro benzene ring substituents is 1. The van der Waals surface area contributed by atoms with Gasteiger partial charge < -0.3 is 4.57 Å². The second kappa shape index (κ2) is 8.33. The topological polar surface area (TPSA) is 60.4 Å². The Morgan fingerprint density at radius 1 is 1.10 bits per heavy atom. The number of nitrogens with zero attached hydrogens (tertiary/aromatic N) is 3. The molecule has 2 atom stereocenters. The standard InChI is InChI=1S/C23H25N3O2S/c1-16-7-3-5-9-20(16)24-23-25(21-10-6-4-8-17(21)2)22(15-29-23)18-11-13-19(14-12-18)26(27)28/h3,5,7,9,11-15,17,21H,4,6,8,10H2,1-2H3. The Morgan fingerprint density at radius 3 is 2.52 bits per heavy atom. The first-order valence-electron chi connectivity index (χ1n) is 10.1. The van der Waals surface area contributed by atoms with E-state index in [1.54, 1.807) is 23.5 Å². The summed E-state index contributed by atoms with van der Waals surface area (Å²) in [4.78, 5) is 16.7. The van der Waals surface area contributed by atoms with Crippen molar-refractivity contribution in [1.29, 1.82) is 0 Å². The molecule has 0 radical (unpaired) electrons. The lowest BCUT2D eigenvalue weighted by atomic mass is 9.85. The molecule has 4 rings (SSSR count). The van der Waals surface area contributed by atoms with Gasteiger partial charge in [0, 0.05) is 23.6 Å². The number of benzene rings is 2. The Hall–Kier alpha value is -2.73. The molecule has 29 heavy (non-hydrogen) atoms. The van der Waals surface area contributed by atoms with Crippen molar-refractivity contribution in [2.45, 2.75) is 45.6 Å². The van der Waals surface area contributed by atoms with Crippen LogP contribution in [0.15, 0.2) is 58.9 Å². The zero-order valence-electron chi connectivity index (χ0n) is 16.7. The van der Waals surface area contributed by atoms with E-state index in [1.165, 1.54) is 19.3 Å². The third kappa shape index (κ3) is 4.03. The smallest absolute Gasteiger partial charge is 0.269 e. The lowest BCUT2D eigenvalue weighted by Gasteiger charge is -2.31. The van der Waals surface area contributed by atoms with Gasteiger partial charge in [0.1, 0.15) is 0 Å². The summed E-state index contributed by atoms with van der Waals surface area (Å²) in [6, 6.07) is 15.4. The average Bonchev–Trinajstić information content (AvgIpc) is 3.13. The van der Waals surface area contributed by atoms with Gasteiger partial charge in [-0.2, -0.15) is 0 Å². The molecule has 2 aromatic carbocycles. The zero-order valence-corrected chi connectivity index (χ0v) is 17.6. The van der Waals surface area contributed by atoms with Crippen molar-refractivity contribution < 1.29 is 4.92 Å². The first kappa shape index (κ1) is 19.6. The largest absolute Gasteiger partial charge is 0.313 e. The van der Waals surface area contributed by atoms with Crippen molar-refractivity contribution in [3.8, 4) is 11.3 Å². The molecule has 0 bridgehead atoms. The highest BCUT2D eigenvalue weighted by molar-refractivity contribution is 7.07. The highest BCUT2D eigenvalue weighted by Gasteiger charge is 2.26. The van der Waals surface area contributed by atoms with E-state index in [0.29, 0.717) is 12.0 Å². The van der Waals surface area contributed by atoms with E-state index in [-0.39, 0.29) is 10.6 Å². The van der Waals surface area contributed by atoms with E-state index in [9.17, 15) is 10.1 Å². The molecule has 1 aliphatic carbocycles. The number of aromatic nitrogens is 1. The van der Waals surface area contributed by atoms with Gasteiger partial charge in [-0.05, 0) is 55.0 Å². The second-order valence-corrected chi connectivity index (χ2v) is 8.64. The summed E-state index contributed by atoms with van der Waals surface area (Å²) in [5.74, 6) is 0.575. The first-order chi connectivity index (χ1) is 14.0. The monoisotopic (exact) mass is 407 g/mol. The zero-order chi connectivity index (χ0) is 20.4. The first-order valence-corrected chi connectivity index (χ1v) is 11.0. The number of nitro groups is 1. The Labute approximate surface area is 174 Å². The van der Waals surface area contributed by atoms with Crippen LogP contribution in [0.3, 0.4) is 0 Å². The van der Waals surface area contributed by atoms with E-state index in [4.69, 9.17) is 4.99 Å². The normalized spacial score (nSPS) is 20.0. The fourth-order valence-electron chi connectivity index (χ4n) is 4.16. The minimum Gasteiger partial charge on any atom is -0.313 e. The van der Waals surface area contributed by atoms with Crippen molar-refractivity contribution in [3.63, 3.8) is 0 Å². The van der Waals surface area contributed by atoms with Crippen LogP contribution < -0.4 is 4.80 Å². The van der Waals surface area contributed by atoms with Gasteiger partial charge >= 0.3 is 0 Å². The molecule has 0 aliphatic heterocycles. The fraction of sp³-hybridized carbons (Fsp3) is 0.348. The van der Waals surface area contributed by atoms with Crippen LogP contribution in [0, 0.1) is 23.0 Å². The SMILES string of the molecule is Cc1ccccc1N=c1scc(-c2ccc([N+](=O)[O-])cc2)n1C1CCCCC1C. The number of hydrogen-bond donors (Lipinski definition) is 0. The molecule has 1 heterocycles. The molecule has 3 aromatic rings. The molecule has 1 fully saturated rings. The number of aryl methyl sites for hydroxylation is 1. The van der Waals surface area contributed by atoms with E-state index < -0.39 is 0 Å². The summed E-state index contributed by atoms with van der Waals surface area (Å²) < 4.78 is 2.38. The number of rotatable bonds is 4. The Balaban J connectivity index is 1.87. The van der Waals surface area contributed by atoms with Crippen LogP contribution in [-0.4, -0.2) is 9.49 Å². The van der Waals surface area contributed by atoms with Crippen molar-refractivity contribution in [3.05, 3.63) is 74.4 Å². The maximum absolute atomic E-state index is 11.0. The van der Waals surface area contributed by atoms with Crippen LogP contribution >= 0.6 is 11.3 Å². The van der Waals surface area contributed by atoms with Crippen LogP contribution in [0.2, 0.25) is 0 Å². The minimum absolute atomic E-state index is 0.117. The predicted octanol–water partition coefficient (Wildman–Crippen LogP) is 6.42. The lowest BCUT2D eigenvalue weighted by molar-refractivity contribution is -0.384. The molecule has 0 amide bonds. The third-order valence-corrected chi connectivity index (χ3v) is 6.68. The minimum atomic E-state index is -0.354. The van der Waals surface area contributed by atoms with Crippen molar-refractivity contribution in [1.82, 2.24) is 4.57 Å². The third-order valence-electron chi connectivity index (χ3n) is 5.84. The Kier molecular flexibility index (Phi) is 5.62. The van der Waals surface area contributed by atoms with E-state index >= 15 is 0 Å². The molecule has 0 saturated heterocycles. The summed E-state index contributed by atoms with van der Waals surface area (Å²) in [5, 5.41) is 13.2. The molecular weight excluding hydrogens is 382 g/mol. The summed E-state index contributed by atoms with van der Waals surface area (Å²) in [6.45, 7) is 4.41. The number of thiazole rings is 1. The molecule has 1 aromatic heterocycles. The molecule has 5 nitrogen and oxygen atoms in total. The van der Waals surface area contributed by atoms with E-state index in [2.05, 4.69) is 35.9 Å². The van der Waals surface area contributed by atoms with Gasteiger partial charge in [0.2, 0.25) is 0 Å². The van der Waals surface area contributed by atoms with Gasteiger partial charge in [-0.1, -0.05) is 38.0 Å². The van der Waals surface area contributed by atoms with Gasteiger partial charge in [-0.3, -0.25) is 10.1 Å². The van der Waals surface area contributed by atoms with Gasteiger partial charge in [0.25, 0.3) is 5.69 Å². The molecule has 1 saturated carbocycles. The van der Waals surface area contributed by atoms with Crippen LogP contribution in [0.5, 0.6) is 0 Å². The molecule has 2 unspecified atom stereocenters. The van der Waals surface area contributed by atoms with Gasteiger partial charge in [0.05, 0.1) is 16.3 Å². The molecule has 6 heteroatoms. The van der Waals surface area contributed by atoms with Crippen LogP contribution in [0.4, 0.5) is 11.4 Å². The molecule has 0 spiro atoms. The fourth-order valence-corrected chi connectivity index (χ4v) is 5.12. The summed E-state index contributed by atoms with van der Waals surface area (Å²) in [7, 11) is 0. The quantitative estimate of drug-likeness (QED) is 0.370. The van der Waals surface area contributed by atoms with Crippen LogP contribution in [0.25, 0.3) is 11.3 Å². The van der Waals surface area contributed by atoms with E-state index in [1.807, 2.05) is 24.3 Å². The van der Waals surface area contributed by atoms with Gasteiger partial charge in [-0.15, -0.1) is 11.3 Å². The van der Waals surface area contributed by atoms with Gasteiger partial charge in [0.15, 0.2) is 4.80 Å². The van der Waals surface area contributed by atoms with Crippen LogP contribution in [-0.2, 0) is 0 Å². The summed E-state index contributed by atoms with van der Waals surface area (Å²) >= 11 is 1.64. The van der Waals surface area contributed by atoms with E-state index in [0.717, 1.165) is 33.7 Å². The second-order valence-electron chi connectivity index (χ2n) is 7.80. The Morgan fingerprint density at radius 2 is 1.83 bits per heavy atom. The number of hydrogen-bond acceptors (Lipinski definition) is 4. The number of non-ortho nitro benzene ring substituents is 1. The summed E-state index contributed by atoms with van der Waals surface area (Å²) in [5.41, 5.74) is 4.35. The lowest BCUT2D eigenvalue weighted by Crippen LogP contribution is -2.28. The highest BCUT2D eigenvalue weighted by Crippen LogP contribution is 2.36. The van der Waals surface area contributed by atoms with Gasteiger partial charge in [-0.25, -0.2) is 4.99 Å². The van der Waals surface area contributed by atoms with Crippen molar-refractivity contribution >= 4 is 22.7 Å². The maximum atomic E-state index is 11.0. The predicted molar refractivity (Wildman–Crippen MR) is 117 cm³/mol. The molecule has 1 aliphatic rings. The molecule has 0 N–H and O–H groups in total. The highest BCUT2D eigenvalue weighted by atomic mass is 32.1.